The van der Waals surface area contributed by atoms with Crippen molar-refractivity contribution < 1.29 is 4.92 Å². The summed E-state index contributed by atoms with van der Waals surface area (Å²) < 4.78 is 0. The molecule has 17 heavy (non-hydrogen) atoms. The molecule has 0 amide bonds. The average Bonchev–Trinajstić information content (AvgIpc) is 2.25. The Morgan fingerprint density at radius 2 is 2.29 bits per heavy atom. The maximum atomic E-state index is 11.0. The van der Waals surface area contributed by atoms with Crippen molar-refractivity contribution >= 4 is 5.69 Å². The summed E-state index contributed by atoms with van der Waals surface area (Å²) in [6.45, 7) is 6.77. The Labute approximate surface area is 101 Å². The molecule has 0 radical (unpaired) electrons. The van der Waals surface area contributed by atoms with Gasteiger partial charge in [-0.15, -0.1) is 0 Å². The van der Waals surface area contributed by atoms with Gasteiger partial charge < -0.3 is 5.32 Å². The lowest BCUT2D eigenvalue weighted by molar-refractivity contribution is -0.386. The molecule has 94 valence electrons. The summed E-state index contributed by atoms with van der Waals surface area (Å²) in [7, 11) is 0. The van der Waals surface area contributed by atoms with E-state index in [2.05, 4.69) is 17.2 Å². The van der Waals surface area contributed by atoms with E-state index in [4.69, 9.17) is 0 Å². The number of nitrogens with one attached hydrogen (secondary N) is 1. The molecule has 1 N–H and O–H groups in total. The summed E-state index contributed by atoms with van der Waals surface area (Å²) in [4.78, 5) is 14.8. The first-order chi connectivity index (χ1) is 8.06. The minimum Gasteiger partial charge on any atom is -0.314 e. The van der Waals surface area contributed by atoms with Gasteiger partial charge in [0.15, 0.2) is 0 Å². The Morgan fingerprint density at radius 1 is 1.59 bits per heavy atom. The molecule has 0 aliphatic carbocycles. The van der Waals surface area contributed by atoms with Crippen molar-refractivity contribution in [1.82, 2.24) is 10.3 Å². The number of hydrogen-bond acceptors (Lipinski definition) is 4. The smallest absolute Gasteiger partial charge is 0.293 e. The molecule has 0 bridgehead atoms. The average molecular weight is 237 g/mol. The van der Waals surface area contributed by atoms with E-state index in [1.807, 2.05) is 6.92 Å². The van der Waals surface area contributed by atoms with Gasteiger partial charge in [-0.3, -0.25) is 15.1 Å². The zero-order valence-electron chi connectivity index (χ0n) is 10.6. The van der Waals surface area contributed by atoms with Gasteiger partial charge in [-0.2, -0.15) is 0 Å². The van der Waals surface area contributed by atoms with Crippen molar-refractivity contribution in [2.24, 2.45) is 0 Å². The largest absolute Gasteiger partial charge is 0.314 e. The first-order valence-electron chi connectivity index (χ1n) is 5.88. The Balaban J connectivity index is 2.83. The van der Waals surface area contributed by atoms with E-state index in [-0.39, 0.29) is 16.7 Å². The van der Waals surface area contributed by atoms with Crippen LogP contribution in [-0.2, 0) is 6.42 Å². The summed E-state index contributed by atoms with van der Waals surface area (Å²) in [5, 5.41) is 14.3. The number of aryl methyl sites for hydroxylation is 1. The standard InChI is InChI=1S/C12H19N3O2/c1-4-6-13-10(3)8-11-12(15(16)17)9(2)5-7-14-11/h5,7,10,13H,4,6,8H2,1-3H3. The van der Waals surface area contributed by atoms with E-state index in [1.54, 1.807) is 19.2 Å². The highest BCUT2D eigenvalue weighted by Crippen LogP contribution is 2.21. The lowest BCUT2D eigenvalue weighted by Gasteiger charge is -2.13. The van der Waals surface area contributed by atoms with E-state index in [0.717, 1.165) is 13.0 Å². The second kappa shape index (κ2) is 6.30. The van der Waals surface area contributed by atoms with Gasteiger partial charge in [-0.25, -0.2) is 0 Å². The number of hydrogen-bond donors (Lipinski definition) is 1. The van der Waals surface area contributed by atoms with E-state index >= 15 is 0 Å². The fourth-order valence-electron chi connectivity index (χ4n) is 1.76. The number of pyridine rings is 1. The van der Waals surface area contributed by atoms with Gasteiger partial charge in [0.25, 0.3) is 5.69 Å². The molecule has 0 aliphatic heterocycles. The van der Waals surface area contributed by atoms with Gasteiger partial charge in [0.1, 0.15) is 5.69 Å². The molecule has 5 nitrogen and oxygen atoms in total. The highest BCUT2D eigenvalue weighted by Gasteiger charge is 2.19. The van der Waals surface area contributed by atoms with Crippen LogP contribution >= 0.6 is 0 Å². The third-order valence-electron chi connectivity index (χ3n) is 2.63. The fourth-order valence-corrected chi connectivity index (χ4v) is 1.76. The predicted molar refractivity (Wildman–Crippen MR) is 67.1 cm³/mol. The molecular formula is C12H19N3O2. The topological polar surface area (TPSA) is 68.1 Å². The molecule has 1 aromatic rings. The Kier molecular flexibility index (Phi) is 5.03. The number of nitrogens with zero attached hydrogens (tertiary/aromatic N) is 2. The van der Waals surface area contributed by atoms with Gasteiger partial charge in [-0.1, -0.05) is 6.92 Å². The highest BCUT2D eigenvalue weighted by molar-refractivity contribution is 5.43. The summed E-state index contributed by atoms with van der Waals surface area (Å²) in [6, 6.07) is 1.87. The summed E-state index contributed by atoms with van der Waals surface area (Å²) in [5.74, 6) is 0. The van der Waals surface area contributed by atoms with Crippen molar-refractivity contribution in [2.45, 2.75) is 39.7 Å². The number of rotatable bonds is 6. The Bertz CT molecular complexity index is 393. The zero-order valence-corrected chi connectivity index (χ0v) is 10.6. The van der Waals surface area contributed by atoms with Crippen LogP contribution in [0.25, 0.3) is 0 Å². The van der Waals surface area contributed by atoms with E-state index in [0.29, 0.717) is 17.7 Å². The molecule has 1 aromatic heterocycles. The van der Waals surface area contributed by atoms with Crippen LogP contribution in [0, 0.1) is 17.0 Å². The van der Waals surface area contributed by atoms with Gasteiger partial charge in [-0.05, 0) is 32.9 Å². The van der Waals surface area contributed by atoms with Crippen LogP contribution in [0.4, 0.5) is 5.69 Å². The van der Waals surface area contributed by atoms with Crippen LogP contribution in [0.1, 0.15) is 31.5 Å². The number of nitro groups is 1. The van der Waals surface area contributed by atoms with Crippen LogP contribution in [0.5, 0.6) is 0 Å². The highest BCUT2D eigenvalue weighted by atomic mass is 16.6. The molecule has 1 unspecified atom stereocenters. The molecule has 0 saturated carbocycles. The zero-order chi connectivity index (χ0) is 12.8. The predicted octanol–water partition coefficient (Wildman–Crippen LogP) is 2.23. The van der Waals surface area contributed by atoms with Crippen LogP contribution in [0.2, 0.25) is 0 Å². The molecule has 0 saturated heterocycles. The van der Waals surface area contributed by atoms with Crippen LogP contribution in [-0.4, -0.2) is 22.5 Å². The van der Waals surface area contributed by atoms with Crippen molar-refractivity contribution in [3.8, 4) is 0 Å². The molecule has 0 spiro atoms. The van der Waals surface area contributed by atoms with Gasteiger partial charge in [0, 0.05) is 24.2 Å². The molecule has 5 heteroatoms. The maximum absolute atomic E-state index is 11.0. The molecule has 0 aliphatic rings. The third-order valence-corrected chi connectivity index (χ3v) is 2.63. The number of aromatic nitrogens is 1. The Morgan fingerprint density at radius 3 is 2.88 bits per heavy atom. The van der Waals surface area contributed by atoms with E-state index < -0.39 is 0 Å². The van der Waals surface area contributed by atoms with Crippen LogP contribution < -0.4 is 5.32 Å². The van der Waals surface area contributed by atoms with Gasteiger partial charge in [0.2, 0.25) is 0 Å². The summed E-state index contributed by atoms with van der Waals surface area (Å²) >= 11 is 0. The minimum atomic E-state index is -0.343. The van der Waals surface area contributed by atoms with Gasteiger partial charge in [0.05, 0.1) is 4.92 Å². The molecular weight excluding hydrogens is 218 g/mol. The lowest BCUT2D eigenvalue weighted by atomic mass is 10.1. The SMILES string of the molecule is CCCNC(C)Cc1nccc(C)c1[N+](=O)[O-]. The molecule has 0 fully saturated rings. The van der Waals surface area contributed by atoms with Crippen molar-refractivity contribution in [3.63, 3.8) is 0 Å². The monoisotopic (exact) mass is 237 g/mol. The van der Waals surface area contributed by atoms with Gasteiger partial charge >= 0.3 is 0 Å². The lowest BCUT2D eigenvalue weighted by Crippen LogP contribution is -2.29. The minimum absolute atomic E-state index is 0.151. The van der Waals surface area contributed by atoms with Crippen LogP contribution in [0.3, 0.4) is 0 Å². The molecule has 0 aromatic carbocycles. The second-order valence-corrected chi connectivity index (χ2v) is 4.24. The second-order valence-electron chi connectivity index (χ2n) is 4.24. The summed E-state index contributed by atoms with van der Waals surface area (Å²) in [5.41, 5.74) is 1.38. The van der Waals surface area contributed by atoms with Crippen LogP contribution in [0.15, 0.2) is 12.3 Å². The first-order valence-corrected chi connectivity index (χ1v) is 5.88. The van der Waals surface area contributed by atoms with E-state index in [9.17, 15) is 10.1 Å². The first kappa shape index (κ1) is 13.6. The molecule has 1 atom stereocenters. The summed E-state index contributed by atoms with van der Waals surface area (Å²) in [6.07, 6.45) is 3.26. The fraction of sp³-hybridized carbons (Fsp3) is 0.583. The molecule has 1 rings (SSSR count). The van der Waals surface area contributed by atoms with Crippen molar-refractivity contribution in [1.29, 1.82) is 0 Å². The van der Waals surface area contributed by atoms with E-state index in [1.165, 1.54) is 0 Å². The third kappa shape index (κ3) is 3.78. The maximum Gasteiger partial charge on any atom is 0.293 e. The van der Waals surface area contributed by atoms with Crippen molar-refractivity contribution in [3.05, 3.63) is 33.6 Å². The quantitative estimate of drug-likeness (QED) is 0.608. The molecule has 1 heterocycles. The normalized spacial score (nSPS) is 12.4. The Hall–Kier alpha value is -1.49. The van der Waals surface area contributed by atoms with Crippen molar-refractivity contribution in [2.75, 3.05) is 6.54 Å².